The van der Waals surface area contributed by atoms with E-state index < -0.39 is 0 Å². The SMILES string of the molecule is NCCCC(=O)CCCCNCCCCNC(=O)CCCN. The van der Waals surface area contributed by atoms with Crippen molar-refractivity contribution in [1.82, 2.24) is 10.6 Å². The molecule has 6 N–H and O–H groups in total. The number of carbonyl (C=O) groups is 2. The average Bonchev–Trinajstić information content (AvgIpc) is 2.52. The molecule has 0 saturated carbocycles. The second-order valence-electron chi connectivity index (χ2n) is 5.59. The highest BCUT2D eigenvalue weighted by Crippen LogP contribution is 2.00. The van der Waals surface area contributed by atoms with Crippen molar-refractivity contribution < 1.29 is 9.59 Å². The third-order valence-corrected chi connectivity index (χ3v) is 3.43. The van der Waals surface area contributed by atoms with Gasteiger partial charge in [-0.25, -0.2) is 0 Å². The highest BCUT2D eigenvalue weighted by molar-refractivity contribution is 5.78. The van der Waals surface area contributed by atoms with Crippen LogP contribution in [0.3, 0.4) is 0 Å². The third-order valence-electron chi connectivity index (χ3n) is 3.43. The van der Waals surface area contributed by atoms with Crippen LogP contribution in [0.2, 0.25) is 0 Å². The van der Waals surface area contributed by atoms with E-state index in [0.717, 1.165) is 58.2 Å². The number of unbranched alkanes of at least 4 members (excludes halogenated alkanes) is 2. The third kappa shape index (κ3) is 15.4. The predicted molar refractivity (Wildman–Crippen MR) is 90.5 cm³/mol. The van der Waals surface area contributed by atoms with Crippen LogP contribution in [0.25, 0.3) is 0 Å². The first-order valence-electron chi connectivity index (χ1n) is 8.60. The predicted octanol–water partition coefficient (Wildman–Crippen LogP) is 0.690. The van der Waals surface area contributed by atoms with E-state index in [9.17, 15) is 9.59 Å². The minimum atomic E-state index is 0.0951. The summed E-state index contributed by atoms with van der Waals surface area (Å²) >= 11 is 0. The summed E-state index contributed by atoms with van der Waals surface area (Å²) in [5.41, 5.74) is 10.7. The molecule has 0 unspecified atom stereocenters. The van der Waals surface area contributed by atoms with Gasteiger partial charge in [-0.15, -0.1) is 0 Å². The first-order valence-corrected chi connectivity index (χ1v) is 8.60. The molecule has 0 atom stereocenters. The molecule has 130 valence electrons. The maximum Gasteiger partial charge on any atom is 0.220 e. The van der Waals surface area contributed by atoms with Crippen LogP contribution in [0.5, 0.6) is 0 Å². The Kier molecular flexibility index (Phi) is 15.7. The molecule has 0 bridgehead atoms. The monoisotopic (exact) mass is 314 g/mol. The molecule has 0 heterocycles. The molecule has 0 aromatic heterocycles. The van der Waals surface area contributed by atoms with Crippen LogP contribution in [0.1, 0.15) is 57.8 Å². The number of amides is 1. The van der Waals surface area contributed by atoms with Crippen molar-refractivity contribution in [1.29, 1.82) is 0 Å². The van der Waals surface area contributed by atoms with Crippen molar-refractivity contribution in [2.24, 2.45) is 11.5 Å². The number of carbonyl (C=O) groups excluding carboxylic acids is 2. The smallest absolute Gasteiger partial charge is 0.220 e. The Morgan fingerprint density at radius 2 is 1.23 bits per heavy atom. The molecular formula is C16H34N4O2. The van der Waals surface area contributed by atoms with E-state index in [1.807, 2.05) is 0 Å². The van der Waals surface area contributed by atoms with E-state index in [-0.39, 0.29) is 5.91 Å². The van der Waals surface area contributed by atoms with E-state index in [1.54, 1.807) is 0 Å². The minimum Gasteiger partial charge on any atom is -0.356 e. The van der Waals surface area contributed by atoms with Crippen LogP contribution >= 0.6 is 0 Å². The minimum absolute atomic E-state index is 0.0951. The van der Waals surface area contributed by atoms with Gasteiger partial charge in [0.15, 0.2) is 0 Å². The molecule has 0 saturated heterocycles. The van der Waals surface area contributed by atoms with E-state index in [4.69, 9.17) is 11.5 Å². The molecule has 0 aliphatic rings. The summed E-state index contributed by atoms with van der Waals surface area (Å²) in [5, 5.41) is 6.25. The molecule has 0 aliphatic heterocycles. The Morgan fingerprint density at radius 1 is 0.682 bits per heavy atom. The largest absolute Gasteiger partial charge is 0.356 e. The normalized spacial score (nSPS) is 10.6. The van der Waals surface area contributed by atoms with Crippen molar-refractivity contribution in [2.75, 3.05) is 32.7 Å². The molecule has 0 radical (unpaired) electrons. The van der Waals surface area contributed by atoms with Gasteiger partial charge in [-0.05, 0) is 64.7 Å². The van der Waals surface area contributed by atoms with Crippen molar-refractivity contribution in [3.05, 3.63) is 0 Å². The molecular weight excluding hydrogens is 280 g/mol. The zero-order valence-electron chi connectivity index (χ0n) is 13.9. The van der Waals surface area contributed by atoms with Crippen LogP contribution in [-0.2, 0) is 9.59 Å². The summed E-state index contributed by atoms with van der Waals surface area (Å²) < 4.78 is 0. The summed E-state index contributed by atoms with van der Waals surface area (Å²) in [5.74, 6) is 0.425. The standard InChI is InChI=1S/C16H34N4O2/c17-10-5-8-15(21)7-1-2-12-19-13-3-4-14-20-16(22)9-6-11-18/h19H,1-14,17-18H2,(H,20,22). The molecule has 0 rings (SSSR count). The van der Waals surface area contributed by atoms with E-state index in [0.29, 0.717) is 38.1 Å². The number of nitrogens with one attached hydrogen (secondary N) is 2. The van der Waals surface area contributed by atoms with Gasteiger partial charge in [0.05, 0.1) is 0 Å². The zero-order valence-corrected chi connectivity index (χ0v) is 13.9. The summed E-state index contributed by atoms with van der Waals surface area (Å²) in [7, 11) is 0. The number of hydrogen-bond donors (Lipinski definition) is 4. The Balaban J connectivity index is 3.17. The fraction of sp³-hybridized carbons (Fsp3) is 0.875. The van der Waals surface area contributed by atoms with Gasteiger partial charge < -0.3 is 22.1 Å². The van der Waals surface area contributed by atoms with Crippen molar-refractivity contribution in [3.63, 3.8) is 0 Å². The lowest BCUT2D eigenvalue weighted by molar-refractivity contribution is -0.121. The highest BCUT2D eigenvalue weighted by Gasteiger charge is 2.01. The molecule has 0 spiro atoms. The van der Waals surface area contributed by atoms with Gasteiger partial charge in [-0.3, -0.25) is 9.59 Å². The molecule has 0 aliphatic carbocycles. The lowest BCUT2D eigenvalue weighted by atomic mass is 10.1. The Morgan fingerprint density at radius 3 is 1.91 bits per heavy atom. The van der Waals surface area contributed by atoms with Crippen molar-refractivity contribution in [3.8, 4) is 0 Å². The zero-order chi connectivity index (χ0) is 16.5. The topological polar surface area (TPSA) is 110 Å². The summed E-state index contributed by atoms with van der Waals surface area (Å²) in [6.07, 6.45) is 7.40. The van der Waals surface area contributed by atoms with Crippen LogP contribution in [0.15, 0.2) is 0 Å². The Labute approximate surface area is 134 Å². The van der Waals surface area contributed by atoms with Crippen LogP contribution in [-0.4, -0.2) is 44.4 Å². The number of ketones is 1. The van der Waals surface area contributed by atoms with Gasteiger partial charge >= 0.3 is 0 Å². The summed E-state index contributed by atoms with van der Waals surface area (Å²) in [6.45, 7) is 3.81. The van der Waals surface area contributed by atoms with Gasteiger partial charge in [0.25, 0.3) is 0 Å². The maximum absolute atomic E-state index is 11.4. The lowest BCUT2D eigenvalue weighted by Crippen LogP contribution is -2.25. The number of Topliss-reactive ketones (excluding diaryl/α,β-unsaturated/α-hetero) is 1. The van der Waals surface area contributed by atoms with Gasteiger partial charge in [0.2, 0.25) is 5.91 Å². The average molecular weight is 314 g/mol. The fourth-order valence-corrected chi connectivity index (χ4v) is 2.08. The summed E-state index contributed by atoms with van der Waals surface area (Å²) in [6, 6.07) is 0. The fourth-order valence-electron chi connectivity index (χ4n) is 2.08. The quantitative estimate of drug-likeness (QED) is 0.313. The molecule has 6 nitrogen and oxygen atoms in total. The number of hydrogen-bond acceptors (Lipinski definition) is 5. The summed E-state index contributed by atoms with van der Waals surface area (Å²) in [4.78, 5) is 22.7. The molecule has 0 aromatic rings. The Hall–Kier alpha value is -0.980. The first-order chi connectivity index (χ1) is 10.7. The van der Waals surface area contributed by atoms with Crippen LogP contribution in [0.4, 0.5) is 0 Å². The molecule has 22 heavy (non-hydrogen) atoms. The van der Waals surface area contributed by atoms with Gasteiger partial charge in [0.1, 0.15) is 5.78 Å². The molecule has 0 aromatic carbocycles. The molecule has 1 amide bonds. The van der Waals surface area contributed by atoms with Gasteiger partial charge in [-0.1, -0.05) is 0 Å². The van der Waals surface area contributed by atoms with E-state index in [1.165, 1.54) is 0 Å². The van der Waals surface area contributed by atoms with Crippen LogP contribution in [0, 0.1) is 0 Å². The molecule has 0 fully saturated rings. The Bertz CT molecular complexity index is 257. The second kappa shape index (κ2) is 16.4. The number of nitrogens with two attached hydrogens (primary N) is 2. The van der Waals surface area contributed by atoms with Crippen molar-refractivity contribution in [2.45, 2.75) is 57.8 Å². The maximum atomic E-state index is 11.4. The van der Waals surface area contributed by atoms with Gasteiger partial charge in [-0.2, -0.15) is 0 Å². The van der Waals surface area contributed by atoms with E-state index in [2.05, 4.69) is 10.6 Å². The first kappa shape index (κ1) is 21.0. The van der Waals surface area contributed by atoms with Crippen LogP contribution < -0.4 is 22.1 Å². The lowest BCUT2D eigenvalue weighted by Gasteiger charge is -2.06. The highest BCUT2D eigenvalue weighted by atomic mass is 16.1. The van der Waals surface area contributed by atoms with Crippen molar-refractivity contribution >= 4 is 11.7 Å². The second-order valence-corrected chi connectivity index (χ2v) is 5.59. The van der Waals surface area contributed by atoms with E-state index >= 15 is 0 Å². The number of rotatable bonds is 16. The molecule has 6 heteroatoms. The van der Waals surface area contributed by atoms with Gasteiger partial charge in [0, 0.05) is 25.8 Å².